The summed E-state index contributed by atoms with van der Waals surface area (Å²) in [6, 6.07) is 4.22. The molecular formula is C16H27N3. The Morgan fingerprint density at radius 3 is 2.74 bits per heavy atom. The number of nitrogens with two attached hydrogens (primary N) is 1. The van der Waals surface area contributed by atoms with E-state index in [4.69, 9.17) is 5.73 Å². The van der Waals surface area contributed by atoms with Crippen molar-refractivity contribution in [2.45, 2.75) is 51.6 Å². The second-order valence-electron chi connectivity index (χ2n) is 6.00. The summed E-state index contributed by atoms with van der Waals surface area (Å²) < 4.78 is 0. The van der Waals surface area contributed by atoms with Crippen molar-refractivity contribution in [2.24, 2.45) is 11.7 Å². The van der Waals surface area contributed by atoms with E-state index in [0.29, 0.717) is 0 Å². The highest BCUT2D eigenvalue weighted by Gasteiger charge is 2.38. The standard InChI is InChI=1S/C16H27N3/c1-3-19(12-15-6-9-18-10-7-15)16(13-17)8-4-5-14(2)11-16/h6-7,9-10,14H,3-5,8,11-13,17H2,1-2H3. The molecular weight excluding hydrogens is 234 g/mol. The van der Waals surface area contributed by atoms with Gasteiger partial charge in [-0.25, -0.2) is 0 Å². The predicted octanol–water partition coefficient (Wildman–Crippen LogP) is 2.81. The Balaban J connectivity index is 2.14. The van der Waals surface area contributed by atoms with Gasteiger partial charge in [-0.2, -0.15) is 0 Å². The molecule has 1 saturated carbocycles. The molecule has 19 heavy (non-hydrogen) atoms. The van der Waals surface area contributed by atoms with E-state index in [1.165, 1.54) is 31.2 Å². The number of likely N-dealkylation sites (N-methyl/N-ethyl adjacent to an activating group) is 1. The molecule has 3 heteroatoms. The Bertz CT molecular complexity index is 379. The predicted molar refractivity (Wildman–Crippen MR) is 79.7 cm³/mol. The Labute approximate surface area is 117 Å². The molecule has 1 fully saturated rings. The second kappa shape index (κ2) is 6.49. The molecule has 0 bridgehead atoms. The second-order valence-corrected chi connectivity index (χ2v) is 6.00. The van der Waals surface area contributed by atoms with Crippen LogP contribution in [-0.2, 0) is 6.54 Å². The summed E-state index contributed by atoms with van der Waals surface area (Å²) in [5.41, 5.74) is 7.72. The zero-order valence-electron chi connectivity index (χ0n) is 12.3. The molecule has 1 heterocycles. The Morgan fingerprint density at radius 1 is 1.42 bits per heavy atom. The van der Waals surface area contributed by atoms with E-state index < -0.39 is 0 Å². The van der Waals surface area contributed by atoms with E-state index in [1.54, 1.807) is 0 Å². The lowest BCUT2D eigenvalue weighted by Gasteiger charge is -2.47. The van der Waals surface area contributed by atoms with E-state index in [1.807, 2.05) is 12.4 Å². The fourth-order valence-corrected chi connectivity index (χ4v) is 3.56. The van der Waals surface area contributed by atoms with Gasteiger partial charge in [0.15, 0.2) is 0 Å². The van der Waals surface area contributed by atoms with E-state index in [2.05, 4.69) is 35.9 Å². The van der Waals surface area contributed by atoms with E-state index in [0.717, 1.165) is 25.6 Å². The van der Waals surface area contributed by atoms with Crippen LogP contribution in [0.5, 0.6) is 0 Å². The first kappa shape index (κ1) is 14.5. The Kier molecular flexibility index (Phi) is 4.94. The van der Waals surface area contributed by atoms with Crippen LogP contribution >= 0.6 is 0 Å². The van der Waals surface area contributed by atoms with Gasteiger partial charge in [-0.3, -0.25) is 9.88 Å². The third-order valence-electron chi connectivity index (χ3n) is 4.62. The molecule has 0 aliphatic heterocycles. The summed E-state index contributed by atoms with van der Waals surface area (Å²) in [5, 5.41) is 0. The van der Waals surface area contributed by atoms with Gasteiger partial charge >= 0.3 is 0 Å². The van der Waals surface area contributed by atoms with Gasteiger partial charge in [0, 0.05) is 31.0 Å². The summed E-state index contributed by atoms with van der Waals surface area (Å²) >= 11 is 0. The smallest absolute Gasteiger partial charge is 0.0337 e. The topological polar surface area (TPSA) is 42.2 Å². The fraction of sp³-hybridized carbons (Fsp3) is 0.688. The summed E-state index contributed by atoms with van der Waals surface area (Å²) in [6.07, 6.45) is 8.90. The molecule has 1 aliphatic rings. The van der Waals surface area contributed by atoms with Crippen LogP contribution < -0.4 is 5.73 Å². The molecule has 0 radical (unpaired) electrons. The van der Waals surface area contributed by atoms with Gasteiger partial charge in [0.05, 0.1) is 0 Å². The van der Waals surface area contributed by atoms with Gasteiger partial charge in [0.2, 0.25) is 0 Å². The molecule has 0 spiro atoms. The summed E-state index contributed by atoms with van der Waals surface area (Å²) in [4.78, 5) is 6.68. The molecule has 2 N–H and O–H groups in total. The summed E-state index contributed by atoms with van der Waals surface area (Å²) in [6.45, 7) is 7.44. The van der Waals surface area contributed by atoms with Crippen molar-refractivity contribution in [3.63, 3.8) is 0 Å². The zero-order valence-corrected chi connectivity index (χ0v) is 12.3. The number of aromatic nitrogens is 1. The molecule has 106 valence electrons. The maximum atomic E-state index is 6.18. The molecule has 0 amide bonds. The van der Waals surface area contributed by atoms with Crippen LogP contribution in [0.15, 0.2) is 24.5 Å². The van der Waals surface area contributed by atoms with Crippen LogP contribution in [0.1, 0.15) is 45.1 Å². The van der Waals surface area contributed by atoms with Crippen molar-refractivity contribution in [1.29, 1.82) is 0 Å². The van der Waals surface area contributed by atoms with Crippen LogP contribution in [0.2, 0.25) is 0 Å². The average Bonchev–Trinajstić information content (AvgIpc) is 2.45. The maximum Gasteiger partial charge on any atom is 0.0337 e. The molecule has 0 saturated heterocycles. The minimum Gasteiger partial charge on any atom is -0.329 e. The van der Waals surface area contributed by atoms with Crippen molar-refractivity contribution in [1.82, 2.24) is 9.88 Å². The van der Waals surface area contributed by atoms with Crippen LogP contribution in [-0.4, -0.2) is 28.5 Å². The monoisotopic (exact) mass is 261 g/mol. The summed E-state index contributed by atoms with van der Waals surface area (Å²) in [5.74, 6) is 0.795. The van der Waals surface area contributed by atoms with Crippen molar-refractivity contribution >= 4 is 0 Å². The quantitative estimate of drug-likeness (QED) is 0.886. The SMILES string of the molecule is CCN(Cc1ccncc1)C1(CN)CCCC(C)C1. The van der Waals surface area contributed by atoms with Crippen LogP contribution in [0.3, 0.4) is 0 Å². The minimum atomic E-state index is 0.204. The lowest BCUT2D eigenvalue weighted by atomic mass is 9.75. The van der Waals surface area contributed by atoms with Crippen molar-refractivity contribution < 1.29 is 0 Å². The third-order valence-corrected chi connectivity index (χ3v) is 4.62. The molecule has 1 aromatic heterocycles. The first-order chi connectivity index (χ1) is 9.20. The maximum absolute atomic E-state index is 6.18. The van der Waals surface area contributed by atoms with Crippen molar-refractivity contribution in [2.75, 3.05) is 13.1 Å². The largest absolute Gasteiger partial charge is 0.329 e. The fourth-order valence-electron chi connectivity index (χ4n) is 3.56. The molecule has 3 nitrogen and oxygen atoms in total. The zero-order chi connectivity index (χ0) is 13.7. The van der Waals surface area contributed by atoms with Crippen molar-refractivity contribution in [3.8, 4) is 0 Å². The summed E-state index contributed by atoms with van der Waals surface area (Å²) in [7, 11) is 0. The number of nitrogens with zero attached hydrogens (tertiary/aromatic N) is 2. The molecule has 1 aromatic rings. The number of hydrogen-bond donors (Lipinski definition) is 1. The highest BCUT2D eigenvalue weighted by atomic mass is 15.2. The highest BCUT2D eigenvalue weighted by Crippen LogP contribution is 2.36. The first-order valence-electron chi connectivity index (χ1n) is 7.54. The molecule has 2 unspecified atom stereocenters. The van der Waals surface area contributed by atoms with E-state index >= 15 is 0 Å². The highest BCUT2D eigenvalue weighted by molar-refractivity contribution is 5.11. The van der Waals surface area contributed by atoms with Gasteiger partial charge < -0.3 is 5.73 Å². The van der Waals surface area contributed by atoms with Gasteiger partial charge in [-0.1, -0.05) is 26.7 Å². The van der Waals surface area contributed by atoms with E-state index in [-0.39, 0.29) is 5.54 Å². The molecule has 2 atom stereocenters. The molecule has 2 rings (SSSR count). The number of hydrogen-bond acceptors (Lipinski definition) is 3. The van der Waals surface area contributed by atoms with Crippen LogP contribution in [0, 0.1) is 5.92 Å². The number of rotatable bonds is 5. The minimum absolute atomic E-state index is 0.204. The van der Waals surface area contributed by atoms with E-state index in [9.17, 15) is 0 Å². The van der Waals surface area contributed by atoms with Crippen molar-refractivity contribution in [3.05, 3.63) is 30.1 Å². The van der Waals surface area contributed by atoms with Gasteiger partial charge in [0.25, 0.3) is 0 Å². The van der Waals surface area contributed by atoms with Crippen LogP contribution in [0.4, 0.5) is 0 Å². The Morgan fingerprint density at radius 2 is 2.16 bits per heavy atom. The normalized spacial score (nSPS) is 27.7. The first-order valence-corrected chi connectivity index (χ1v) is 7.54. The molecule has 0 aromatic carbocycles. The van der Waals surface area contributed by atoms with Gasteiger partial charge in [-0.15, -0.1) is 0 Å². The van der Waals surface area contributed by atoms with Crippen LogP contribution in [0.25, 0.3) is 0 Å². The van der Waals surface area contributed by atoms with Gasteiger partial charge in [-0.05, 0) is 43.0 Å². The lowest BCUT2D eigenvalue weighted by Crippen LogP contribution is -2.55. The Hall–Kier alpha value is -0.930. The number of pyridine rings is 1. The lowest BCUT2D eigenvalue weighted by molar-refractivity contribution is 0.0367. The molecule has 1 aliphatic carbocycles. The third kappa shape index (κ3) is 3.34. The average molecular weight is 261 g/mol. The van der Waals surface area contributed by atoms with Gasteiger partial charge in [0.1, 0.15) is 0 Å².